The molecule has 1 unspecified atom stereocenters. The minimum Gasteiger partial charge on any atom is -0.383 e. The fourth-order valence-electron chi connectivity index (χ4n) is 4.00. The van der Waals surface area contributed by atoms with E-state index in [1.807, 2.05) is 0 Å². The molecule has 3 heterocycles. The van der Waals surface area contributed by atoms with Crippen LogP contribution in [0.5, 0.6) is 0 Å². The molecule has 0 aliphatic carbocycles. The van der Waals surface area contributed by atoms with Gasteiger partial charge in [-0.05, 0) is 75.5 Å². The highest BCUT2D eigenvalue weighted by atomic mass is 19.4. The predicted octanol–water partition coefficient (Wildman–Crippen LogP) is 4.25. The van der Waals surface area contributed by atoms with Crippen molar-refractivity contribution in [1.82, 2.24) is 19.9 Å². The first-order chi connectivity index (χ1) is 17.0. The van der Waals surface area contributed by atoms with Crippen LogP contribution in [-0.2, 0) is 6.18 Å². The van der Waals surface area contributed by atoms with Crippen molar-refractivity contribution in [2.75, 3.05) is 17.6 Å². The second-order valence-electron chi connectivity index (χ2n) is 8.68. The van der Waals surface area contributed by atoms with Crippen LogP contribution in [0.15, 0.2) is 47.8 Å². The van der Waals surface area contributed by atoms with Crippen LogP contribution in [0.2, 0.25) is 0 Å². The molecule has 1 amide bonds. The maximum Gasteiger partial charge on any atom is 0.416 e. The van der Waals surface area contributed by atoms with Gasteiger partial charge < -0.3 is 16.4 Å². The average molecular weight is 503 g/mol. The number of carbonyl (C=O) groups excluding carboxylic acids is 1. The van der Waals surface area contributed by atoms with E-state index < -0.39 is 28.8 Å². The topological polar surface area (TPSA) is 115 Å². The zero-order valence-corrected chi connectivity index (χ0v) is 20.3. The van der Waals surface area contributed by atoms with E-state index in [0.717, 1.165) is 29.1 Å². The van der Waals surface area contributed by atoms with Gasteiger partial charge in [0.1, 0.15) is 17.7 Å². The van der Waals surface area contributed by atoms with Gasteiger partial charge in [-0.1, -0.05) is 6.42 Å². The molecule has 1 aliphatic heterocycles. The van der Waals surface area contributed by atoms with Gasteiger partial charge in [0.25, 0.3) is 11.5 Å². The van der Waals surface area contributed by atoms with Crippen molar-refractivity contribution in [2.24, 2.45) is 0 Å². The van der Waals surface area contributed by atoms with E-state index >= 15 is 0 Å². The number of hydrogen-bond acceptors (Lipinski definition) is 6. The second kappa shape index (κ2) is 11.3. The van der Waals surface area contributed by atoms with Crippen LogP contribution >= 0.6 is 0 Å². The summed E-state index contributed by atoms with van der Waals surface area (Å²) in [5, 5.41) is 5.88. The number of anilines is 2. The summed E-state index contributed by atoms with van der Waals surface area (Å²) in [5.41, 5.74) is 4.62. The maximum atomic E-state index is 13.0. The minimum absolute atomic E-state index is 0.199. The molecule has 0 radical (unpaired) electrons. The number of pyridine rings is 1. The van der Waals surface area contributed by atoms with E-state index in [9.17, 15) is 22.8 Å². The van der Waals surface area contributed by atoms with Gasteiger partial charge in [-0.3, -0.25) is 19.1 Å². The van der Waals surface area contributed by atoms with Gasteiger partial charge >= 0.3 is 6.18 Å². The molecule has 8 nitrogen and oxygen atoms in total. The van der Waals surface area contributed by atoms with E-state index in [2.05, 4.69) is 27.5 Å². The largest absolute Gasteiger partial charge is 0.416 e. The standard InChI is InChI=1S/C19H16F3N5O2.C6H13N/c1-10-6-12(19(20,21)22)7-11(2)15(10)27-9-25-16(23)14(18(27)29)17(28)26-13-4-3-5-24-8-13;1-6-4-2-3-5-7-6/h3-9H,23H2,1-2H3,(H,26,28);6-7H,2-5H2,1H3. The zero-order chi connectivity index (χ0) is 26.5. The summed E-state index contributed by atoms with van der Waals surface area (Å²) in [4.78, 5) is 33.3. The molecule has 1 aliphatic rings. The van der Waals surface area contributed by atoms with Gasteiger partial charge in [0.05, 0.1) is 23.1 Å². The lowest BCUT2D eigenvalue weighted by molar-refractivity contribution is -0.137. The number of carbonyl (C=O) groups is 1. The molecule has 1 aromatic carbocycles. The third-order valence-electron chi connectivity index (χ3n) is 5.76. The smallest absolute Gasteiger partial charge is 0.383 e. The number of aromatic nitrogens is 3. The van der Waals surface area contributed by atoms with E-state index in [1.165, 1.54) is 52.0 Å². The predicted molar refractivity (Wildman–Crippen MR) is 132 cm³/mol. The van der Waals surface area contributed by atoms with Crippen LogP contribution < -0.4 is 21.9 Å². The summed E-state index contributed by atoms with van der Waals surface area (Å²) in [5.74, 6) is -1.10. The van der Waals surface area contributed by atoms with Crippen LogP contribution in [0.4, 0.5) is 24.7 Å². The highest BCUT2D eigenvalue weighted by molar-refractivity contribution is 6.06. The first-order valence-electron chi connectivity index (χ1n) is 11.5. The van der Waals surface area contributed by atoms with Gasteiger partial charge in [-0.2, -0.15) is 13.2 Å². The number of nitrogen functional groups attached to an aromatic ring is 1. The molecular formula is C25H29F3N6O2. The Kier molecular flexibility index (Phi) is 8.46. The Hall–Kier alpha value is -3.73. The SMILES string of the molecule is CC1CCCCN1.Cc1cc(C(F)(F)F)cc(C)c1-n1cnc(N)c(C(=O)Nc2cccnc2)c1=O. The number of halogens is 3. The molecule has 1 fully saturated rings. The van der Waals surface area contributed by atoms with Gasteiger partial charge in [-0.25, -0.2) is 4.98 Å². The van der Waals surface area contributed by atoms with Crippen molar-refractivity contribution >= 4 is 17.4 Å². The molecule has 36 heavy (non-hydrogen) atoms. The molecule has 3 aromatic rings. The quantitative estimate of drug-likeness (QED) is 0.493. The first kappa shape index (κ1) is 26.9. The lowest BCUT2D eigenvalue weighted by Gasteiger charge is -2.18. The number of alkyl halides is 3. The van der Waals surface area contributed by atoms with E-state index in [0.29, 0.717) is 5.69 Å². The average Bonchev–Trinajstić information content (AvgIpc) is 2.81. The lowest BCUT2D eigenvalue weighted by atomic mass is 10.0. The van der Waals surface area contributed by atoms with Gasteiger partial charge in [0.15, 0.2) is 0 Å². The first-order valence-corrected chi connectivity index (χ1v) is 11.5. The molecule has 0 saturated carbocycles. The summed E-state index contributed by atoms with van der Waals surface area (Å²) in [6, 6.07) is 5.81. The van der Waals surface area contributed by atoms with E-state index in [1.54, 1.807) is 12.1 Å². The minimum atomic E-state index is -4.52. The number of nitrogens with two attached hydrogens (primary N) is 1. The van der Waals surface area contributed by atoms with Crippen LogP contribution in [0.25, 0.3) is 5.69 Å². The Labute approximate surface area is 206 Å². The Morgan fingerprint density at radius 1 is 1.22 bits per heavy atom. The normalized spacial score (nSPS) is 15.6. The molecule has 2 aromatic heterocycles. The molecule has 1 saturated heterocycles. The number of rotatable bonds is 3. The molecular weight excluding hydrogens is 473 g/mol. The number of amides is 1. The van der Waals surface area contributed by atoms with Crippen molar-refractivity contribution in [2.45, 2.75) is 52.3 Å². The van der Waals surface area contributed by atoms with Gasteiger partial charge in [-0.15, -0.1) is 0 Å². The molecule has 1 atom stereocenters. The zero-order valence-electron chi connectivity index (χ0n) is 20.3. The van der Waals surface area contributed by atoms with Gasteiger partial charge in [0.2, 0.25) is 0 Å². The molecule has 4 rings (SSSR count). The summed E-state index contributed by atoms with van der Waals surface area (Å²) in [7, 11) is 0. The van der Waals surface area contributed by atoms with Crippen molar-refractivity contribution in [1.29, 1.82) is 0 Å². The van der Waals surface area contributed by atoms with Crippen molar-refractivity contribution in [3.8, 4) is 5.69 Å². The Balaban J connectivity index is 0.000000444. The molecule has 0 bridgehead atoms. The molecule has 4 N–H and O–H groups in total. The fourth-order valence-corrected chi connectivity index (χ4v) is 4.00. The van der Waals surface area contributed by atoms with E-state index in [-0.39, 0.29) is 22.6 Å². The highest BCUT2D eigenvalue weighted by Crippen LogP contribution is 2.32. The lowest BCUT2D eigenvalue weighted by Crippen LogP contribution is -2.31. The van der Waals surface area contributed by atoms with Gasteiger partial charge in [0, 0.05) is 12.2 Å². The Bertz CT molecular complexity index is 1250. The summed E-state index contributed by atoms with van der Waals surface area (Å²) in [6.45, 7) is 6.37. The highest BCUT2D eigenvalue weighted by Gasteiger charge is 2.32. The second-order valence-corrected chi connectivity index (χ2v) is 8.68. The third-order valence-corrected chi connectivity index (χ3v) is 5.76. The summed E-state index contributed by atoms with van der Waals surface area (Å²) >= 11 is 0. The number of nitrogens with one attached hydrogen (secondary N) is 2. The molecule has 0 spiro atoms. The Morgan fingerprint density at radius 2 is 1.92 bits per heavy atom. The fraction of sp³-hybridized carbons (Fsp3) is 0.360. The maximum absolute atomic E-state index is 13.0. The molecule has 192 valence electrons. The number of aryl methyl sites for hydroxylation is 2. The number of hydrogen-bond donors (Lipinski definition) is 3. The van der Waals surface area contributed by atoms with Crippen molar-refractivity contribution < 1.29 is 18.0 Å². The summed E-state index contributed by atoms with van der Waals surface area (Å²) in [6.07, 6.45) is 3.64. The number of benzene rings is 1. The number of nitrogens with zero attached hydrogens (tertiary/aromatic N) is 3. The van der Waals surface area contributed by atoms with Crippen LogP contribution in [0.3, 0.4) is 0 Å². The van der Waals surface area contributed by atoms with Crippen LogP contribution in [-0.4, -0.2) is 33.0 Å². The molecule has 11 heteroatoms. The number of piperidine rings is 1. The summed E-state index contributed by atoms with van der Waals surface area (Å²) < 4.78 is 40.1. The van der Waals surface area contributed by atoms with E-state index in [4.69, 9.17) is 5.73 Å². The van der Waals surface area contributed by atoms with Crippen molar-refractivity contribution in [3.05, 3.63) is 75.6 Å². The Morgan fingerprint density at radius 3 is 2.42 bits per heavy atom. The van der Waals surface area contributed by atoms with Crippen molar-refractivity contribution in [3.63, 3.8) is 0 Å². The van der Waals surface area contributed by atoms with Crippen LogP contribution in [0, 0.1) is 13.8 Å². The monoisotopic (exact) mass is 502 g/mol. The third kappa shape index (κ3) is 6.48. The van der Waals surface area contributed by atoms with Crippen LogP contribution in [0.1, 0.15) is 53.2 Å².